The summed E-state index contributed by atoms with van der Waals surface area (Å²) >= 11 is 0. The van der Waals surface area contributed by atoms with Crippen LogP contribution in [0.15, 0.2) is 66.7 Å². The van der Waals surface area contributed by atoms with Crippen LogP contribution in [0.1, 0.15) is 49.4 Å². The minimum absolute atomic E-state index is 0.145. The van der Waals surface area contributed by atoms with Gasteiger partial charge in [-0.25, -0.2) is 13.8 Å². The molecular weight excluding hydrogens is 504 g/mol. The van der Waals surface area contributed by atoms with Crippen LogP contribution in [0.2, 0.25) is 0 Å². The average Bonchev–Trinajstić information content (AvgIpc) is 3.45. The van der Waals surface area contributed by atoms with Crippen molar-refractivity contribution in [2.24, 2.45) is 12.5 Å². The number of likely N-dealkylation sites (tertiary alicyclic amines) is 1. The summed E-state index contributed by atoms with van der Waals surface area (Å²) in [5.74, 6) is 1.36. The summed E-state index contributed by atoms with van der Waals surface area (Å²) in [6.07, 6.45) is 4.29. The molecule has 40 heavy (non-hydrogen) atoms. The number of hydrogen-bond acceptors (Lipinski definition) is 3. The van der Waals surface area contributed by atoms with Gasteiger partial charge >= 0.3 is 0 Å². The summed E-state index contributed by atoms with van der Waals surface area (Å²) < 4.78 is 32.5. The third kappa shape index (κ3) is 3.89. The lowest BCUT2D eigenvalue weighted by Gasteiger charge is -2.66. The first-order chi connectivity index (χ1) is 19.4. The number of rotatable bonds is 6. The quantitative estimate of drug-likeness (QED) is 0.234. The van der Waals surface area contributed by atoms with Gasteiger partial charge < -0.3 is 4.57 Å². The number of piperidine rings is 1. The zero-order valence-corrected chi connectivity index (χ0v) is 22.8. The largest absolute Gasteiger partial charge is 0.327 e. The van der Waals surface area contributed by atoms with Gasteiger partial charge in [0.25, 0.3) is 0 Å². The van der Waals surface area contributed by atoms with Gasteiger partial charge in [-0.1, -0.05) is 36.4 Å². The van der Waals surface area contributed by atoms with Crippen LogP contribution in [0.25, 0.3) is 33.2 Å². The van der Waals surface area contributed by atoms with Gasteiger partial charge in [-0.15, -0.1) is 0 Å². The Morgan fingerprint density at radius 3 is 2.50 bits per heavy atom. The molecule has 204 valence electrons. The van der Waals surface area contributed by atoms with E-state index in [1.54, 1.807) is 12.1 Å². The van der Waals surface area contributed by atoms with E-state index in [1.807, 2.05) is 17.8 Å². The molecule has 1 aliphatic heterocycles. The standard InChI is InChI=1S/C33H33F2N5/c1-38-29-15-22(9-10-26(29)30(37-38)24-5-4-6-25(34)16-24)17-39-13-11-23(12-14-39)31-36-27-7-2-3-8-28(27)40(31)21-32-18-33(35,19-32)20-32/h2-10,15-16,23H,11-14,17-21H2,1H3. The molecular formula is C33H33F2N5. The van der Waals surface area contributed by atoms with Crippen LogP contribution >= 0.6 is 0 Å². The molecule has 7 heteroatoms. The summed E-state index contributed by atoms with van der Waals surface area (Å²) in [6, 6.07) is 21.6. The second-order valence-electron chi connectivity index (χ2n) is 12.6. The maximum atomic E-state index is 14.3. The van der Waals surface area contributed by atoms with Crippen molar-refractivity contribution in [2.45, 2.75) is 56.8 Å². The van der Waals surface area contributed by atoms with Crippen LogP contribution in [-0.4, -0.2) is 43.0 Å². The highest BCUT2D eigenvalue weighted by atomic mass is 19.1. The lowest BCUT2D eigenvalue weighted by Crippen LogP contribution is -2.65. The number of halogens is 2. The SMILES string of the molecule is Cn1nc(-c2cccc(F)c2)c2ccc(CN3CCC(c4nc5ccccc5n4CC45CC(F)(C4)C5)CC3)cc21. The molecule has 3 aliphatic carbocycles. The van der Waals surface area contributed by atoms with Crippen LogP contribution in [-0.2, 0) is 20.1 Å². The minimum atomic E-state index is -0.874. The number of imidazole rings is 1. The summed E-state index contributed by atoms with van der Waals surface area (Å²) in [6.45, 7) is 3.83. The van der Waals surface area contributed by atoms with E-state index in [-0.39, 0.29) is 11.2 Å². The van der Waals surface area contributed by atoms with Gasteiger partial charge in [0.05, 0.1) is 16.6 Å². The number of para-hydroxylation sites is 2. The lowest BCUT2D eigenvalue weighted by molar-refractivity contribution is -0.220. The van der Waals surface area contributed by atoms with Gasteiger partial charge in [0, 0.05) is 37.0 Å². The fourth-order valence-corrected chi connectivity index (χ4v) is 7.79. The molecule has 5 aromatic rings. The molecule has 5 nitrogen and oxygen atoms in total. The first-order valence-electron chi connectivity index (χ1n) is 14.5. The summed E-state index contributed by atoms with van der Waals surface area (Å²) in [4.78, 5) is 7.65. The number of hydrogen-bond donors (Lipinski definition) is 0. The number of nitrogens with zero attached hydrogens (tertiary/aromatic N) is 5. The zero-order valence-electron chi connectivity index (χ0n) is 22.8. The molecule has 9 rings (SSSR count). The van der Waals surface area contributed by atoms with Crippen molar-refractivity contribution >= 4 is 21.9 Å². The third-order valence-corrected chi connectivity index (χ3v) is 9.63. The fourth-order valence-electron chi connectivity index (χ4n) is 7.79. The Bertz CT molecular complexity index is 1740. The van der Waals surface area contributed by atoms with Gasteiger partial charge in [0.2, 0.25) is 0 Å². The van der Waals surface area contributed by atoms with Crippen LogP contribution in [0.5, 0.6) is 0 Å². The first kappa shape index (κ1) is 24.2. The monoisotopic (exact) mass is 537 g/mol. The predicted octanol–water partition coefficient (Wildman–Crippen LogP) is 7.00. The molecule has 3 heterocycles. The normalized spacial score (nSPS) is 24.9. The maximum Gasteiger partial charge on any atom is 0.123 e. The molecule has 3 saturated carbocycles. The van der Waals surface area contributed by atoms with E-state index >= 15 is 0 Å². The predicted molar refractivity (Wildman–Crippen MR) is 153 cm³/mol. The third-order valence-electron chi connectivity index (χ3n) is 9.63. The van der Waals surface area contributed by atoms with E-state index in [4.69, 9.17) is 10.1 Å². The number of benzene rings is 3. The van der Waals surface area contributed by atoms with Crippen LogP contribution in [0, 0.1) is 11.2 Å². The molecule has 3 aromatic carbocycles. The van der Waals surface area contributed by atoms with Crippen molar-refractivity contribution in [3.63, 3.8) is 0 Å². The number of aromatic nitrogens is 4. The zero-order chi connectivity index (χ0) is 27.1. The van der Waals surface area contributed by atoms with Crippen LogP contribution in [0.3, 0.4) is 0 Å². The highest BCUT2D eigenvalue weighted by molar-refractivity contribution is 5.93. The molecule has 0 radical (unpaired) electrons. The molecule has 0 atom stereocenters. The molecule has 4 fully saturated rings. The highest BCUT2D eigenvalue weighted by Crippen LogP contribution is 2.70. The van der Waals surface area contributed by atoms with Crippen molar-refractivity contribution < 1.29 is 8.78 Å². The fraction of sp³-hybridized carbons (Fsp3) is 0.394. The van der Waals surface area contributed by atoms with Gasteiger partial charge in [0.15, 0.2) is 0 Å². The molecule has 2 bridgehead atoms. The second kappa shape index (κ2) is 8.71. The van der Waals surface area contributed by atoms with Gasteiger partial charge in [-0.3, -0.25) is 9.58 Å². The molecule has 0 amide bonds. The van der Waals surface area contributed by atoms with E-state index in [0.29, 0.717) is 5.92 Å². The number of fused-ring (bicyclic) bond motifs is 2. The molecule has 2 aromatic heterocycles. The van der Waals surface area contributed by atoms with Crippen molar-refractivity contribution in [1.82, 2.24) is 24.2 Å². The van der Waals surface area contributed by atoms with Crippen molar-refractivity contribution in [1.29, 1.82) is 0 Å². The summed E-state index contributed by atoms with van der Waals surface area (Å²) in [5, 5.41) is 5.75. The number of aryl methyl sites for hydroxylation is 1. The molecule has 0 spiro atoms. The summed E-state index contributed by atoms with van der Waals surface area (Å²) in [5.41, 5.74) is 5.45. The van der Waals surface area contributed by atoms with Crippen LogP contribution < -0.4 is 0 Å². The Balaban J connectivity index is 0.990. The van der Waals surface area contributed by atoms with E-state index in [2.05, 4.69) is 51.9 Å². The Kier molecular flexibility index (Phi) is 5.28. The highest BCUT2D eigenvalue weighted by Gasteiger charge is 2.69. The topological polar surface area (TPSA) is 38.9 Å². The maximum absolute atomic E-state index is 14.3. The molecule has 0 N–H and O–H groups in total. The van der Waals surface area contributed by atoms with Gasteiger partial charge in [-0.05, 0) is 86.5 Å². The van der Waals surface area contributed by atoms with E-state index < -0.39 is 5.67 Å². The Hall–Kier alpha value is -3.58. The van der Waals surface area contributed by atoms with Crippen LogP contribution in [0.4, 0.5) is 8.78 Å². The van der Waals surface area contributed by atoms with E-state index in [1.165, 1.54) is 23.0 Å². The van der Waals surface area contributed by atoms with Crippen molar-refractivity contribution in [3.05, 3.63) is 83.9 Å². The Morgan fingerprint density at radius 2 is 1.73 bits per heavy atom. The van der Waals surface area contributed by atoms with Gasteiger partial charge in [0.1, 0.15) is 23.0 Å². The van der Waals surface area contributed by atoms with Gasteiger partial charge in [-0.2, -0.15) is 5.10 Å². The molecule has 1 saturated heterocycles. The molecule has 0 unspecified atom stereocenters. The number of alkyl halides is 1. The first-order valence-corrected chi connectivity index (χ1v) is 14.5. The van der Waals surface area contributed by atoms with Crippen molar-refractivity contribution in [3.8, 4) is 11.3 Å². The van der Waals surface area contributed by atoms with E-state index in [9.17, 15) is 8.78 Å². The molecule has 4 aliphatic rings. The Morgan fingerprint density at radius 1 is 0.925 bits per heavy atom. The summed E-state index contributed by atoms with van der Waals surface area (Å²) in [7, 11) is 1.95. The van der Waals surface area contributed by atoms with E-state index in [0.717, 1.165) is 86.0 Å². The van der Waals surface area contributed by atoms with Crippen molar-refractivity contribution in [2.75, 3.05) is 13.1 Å². The lowest BCUT2D eigenvalue weighted by atomic mass is 9.42. The smallest absolute Gasteiger partial charge is 0.123 e. The second-order valence-corrected chi connectivity index (χ2v) is 12.6. The average molecular weight is 538 g/mol. The minimum Gasteiger partial charge on any atom is -0.327 e. The Labute approximate surface area is 232 Å².